The molecular weight excluding hydrogens is 537 g/mol. The molecular formula is C19H23BrIN5S. The topological polar surface area (TPSA) is 53.7 Å². The minimum atomic E-state index is 0. The molecule has 0 amide bonds. The molecule has 5 nitrogen and oxygen atoms in total. The Labute approximate surface area is 189 Å². The number of hydrogen-bond donors (Lipinski definition) is 2. The molecule has 0 unspecified atom stereocenters. The Morgan fingerprint density at radius 2 is 1.96 bits per heavy atom. The van der Waals surface area contributed by atoms with Gasteiger partial charge in [0.25, 0.3) is 0 Å². The number of aliphatic imine (C=N–C) groups is 1. The number of aryl methyl sites for hydroxylation is 1. The maximum atomic E-state index is 4.61. The van der Waals surface area contributed by atoms with Crippen molar-refractivity contribution in [3.63, 3.8) is 0 Å². The quantitative estimate of drug-likeness (QED) is 0.207. The standard InChI is InChI=1S/C19H22BrN5S.HI/c1-13-4-5-14(17(8-13)26-3)9-22-19(21-2)23-10-16-12-25-11-15(20)6-7-18(25)24-16;/h4-8,11-12H,9-10H2,1-3H3,(H2,21,22,23);1H. The SMILES string of the molecule is CN=C(NCc1cn2cc(Br)ccc2n1)NCc1ccc(C)cc1SC.I. The Kier molecular flexibility index (Phi) is 8.43. The zero-order valence-corrected chi connectivity index (χ0v) is 20.2. The number of pyridine rings is 1. The maximum Gasteiger partial charge on any atom is 0.191 e. The summed E-state index contributed by atoms with van der Waals surface area (Å²) < 4.78 is 3.04. The number of guanidine groups is 1. The van der Waals surface area contributed by atoms with Crippen LogP contribution in [0.25, 0.3) is 5.65 Å². The van der Waals surface area contributed by atoms with Gasteiger partial charge in [-0.05, 0) is 58.4 Å². The zero-order valence-electron chi connectivity index (χ0n) is 15.5. The van der Waals surface area contributed by atoms with Crippen LogP contribution >= 0.6 is 51.7 Å². The predicted octanol–water partition coefficient (Wildman–Crippen LogP) is 4.61. The molecule has 0 bridgehead atoms. The normalized spacial score (nSPS) is 11.3. The number of imidazole rings is 1. The van der Waals surface area contributed by atoms with Gasteiger partial charge in [0.1, 0.15) is 5.65 Å². The Hall–Kier alpha value is -1.26. The molecule has 0 saturated heterocycles. The van der Waals surface area contributed by atoms with Crippen LogP contribution in [0.15, 0.2) is 57.1 Å². The number of nitrogens with zero attached hydrogens (tertiary/aromatic N) is 3. The average Bonchev–Trinajstić information content (AvgIpc) is 3.04. The van der Waals surface area contributed by atoms with Gasteiger partial charge in [-0.2, -0.15) is 0 Å². The first-order valence-corrected chi connectivity index (χ1v) is 10.3. The third-order valence-electron chi connectivity index (χ3n) is 4.01. The molecule has 0 aliphatic heterocycles. The summed E-state index contributed by atoms with van der Waals surface area (Å²) in [6.45, 7) is 3.46. The monoisotopic (exact) mass is 559 g/mol. The number of thioether (sulfide) groups is 1. The lowest BCUT2D eigenvalue weighted by molar-refractivity contribution is 0.791. The number of fused-ring (bicyclic) bond motifs is 1. The van der Waals surface area contributed by atoms with Crippen LogP contribution in [-0.4, -0.2) is 28.6 Å². The van der Waals surface area contributed by atoms with Gasteiger partial charge in [0.05, 0.1) is 12.2 Å². The van der Waals surface area contributed by atoms with Crippen molar-refractivity contribution in [3.05, 3.63) is 64.0 Å². The molecule has 0 atom stereocenters. The molecule has 0 spiro atoms. The van der Waals surface area contributed by atoms with E-state index in [-0.39, 0.29) is 24.0 Å². The van der Waals surface area contributed by atoms with Crippen LogP contribution in [0.4, 0.5) is 0 Å². The number of benzene rings is 1. The summed E-state index contributed by atoms with van der Waals surface area (Å²) in [4.78, 5) is 10.2. The molecule has 2 N–H and O–H groups in total. The Morgan fingerprint density at radius 3 is 2.70 bits per heavy atom. The molecule has 3 rings (SSSR count). The highest BCUT2D eigenvalue weighted by Gasteiger charge is 2.06. The number of hydrogen-bond acceptors (Lipinski definition) is 3. The van der Waals surface area contributed by atoms with Crippen molar-refractivity contribution in [2.75, 3.05) is 13.3 Å². The van der Waals surface area contributed by atoms with Gasteiger partial charge < -0.3 is 15.0 Å². The molecule has 144 valence electrons. The second-order valence-electron chi connectivity index (χ2n) is 5.94. The van der Waals surface area contributed by atoms with E-state index in [0.29, 0.717) is 6.54 Å². The van der Waals surface area contributed by atoms with Crippen LogP contribution in [0, 0.1) is 6.92 Å². The molecule has 0 fully saturated rings. The Bertz CT molecular complexity index is 941. The largest absolute Gasteiger partial charge is 0.352 e. The first kappa shape index (κ1) is 22.0. The van der Waals surface area contributed by atoms with Crippen LogP contribution in [0.3, 0.4) is 0 Å². The minimum absolute atomic E-state index is 0. The second-order valence-corrected chi connectivity index (χ2v) is 7.70. The lowest BCUT2D eigenvalue weighted by Gasteiger charge is -2.13. The van der Waals surface area contributed by atoms with Crippen LogP contribution < -0.4 is 10.6 Å². The zero-order chi connectivity index (χ0) is 18.5. The van der Waals surface area contributed by atoms with Gasteiger partial charge in [0.15, 0.2) is 5.96 Å². The fourth-order valence-electron chi connectivity index (χ4n) is 2.67. The lowest BCUT2D eigenvalue weighted by atomic mass is 10.1. The van der Waals surface area contributed by atoms with Crippen molar-refractivity contribution in [2.45, 2.75) is 24.9 Å². The molecule has 2 heterocycles. The smallest absolute Gasteiger partial charge is 0.191 e. The number of rotatable bonds is 5. The predicted molar refractivity (Wildman–Crippen MR) is 128 cm³/mol. The van der Waals surface area contributed by atoms with E-state index < -0.39 is 0 Å². The molecule has 1 aromatic carbocycles. The summed E-state index contributed by atoms with van der Waals surface area (Å²) in [5, 5.41) is 6.70. The highest BCUT2D eigenvalue weighted by Crippen LogP contribution is 2.21. The molecule has 0 aliphatic rings. The molecule has 0 radical (unpaired) electrons. The highest BCUT2D eigenvalue weighted by molar-refractivity contribution is 14.0. The number of halogens is 2. The Balaban J connectivity index is 0.00000261. The molecule has 2 aromatic heterocycles. The highest BCUT2D eigenvalue weighted by atomic mass is 127. The van der Waals surface area contributed by atoms with E-state index in [1.165, 1.54) is 16.0 Å². The van der Waals surface area contributed by atoms with Gasteiger partial charge in [-0.25, -0.2) is 4.98 Å². The fourth-order valence-corrected chi connectivity index (χ4v) is 3.73. The minimum Gasteiger partial charge on any atom is -0.352 e. The van der Waals surface area contributed by atoms with Gasteiger partial charge in [-0.3, -0.25) is 4.99 Å². The summed E-state index contributed by atoms with van der Waals surface area (Å²) in [6, 6.07) is 10.5. The van der Waals surface area contributed by atoms with Crippen LogP contribution in [0.1, 0.15) is 16.8 Å². The van der Waals surface area contributed by atoms with Crippen molar-refractivity contribution in [2.24, 2.45) is 4.99 Å². The third-order valence-corrected chi connectivity index (χ3v) is 5.30. The Morgan fingerprint density at radius 1 is 1.19 bits per heavy atom. The first-order valence-electron chi connectivity index (χ1n) is 8.30. The van der Waals surface area contributed by atoms with Crippen LogP contribution in [0.5, 0.6) is 0 Å². The summed E-state index contributed by atoms with van der Waals surface area (Å²) in [5.41, 5.74) is 4.44. The maximum absolute atomic E-state index is 4.61. The average molecular weight is 560 g/mol. The number of aromatic nitrogens is 2. The van der Waals surface area contributed by atoms with Gasteiger partial charge in [-0.15, -0.1) is 35.7 Å². The molecule has 0 aliphatic carbocycles. The van der Waals surface area contributed by atoms with Crippen molar-refractivity contribution in [1.29, 1.82) is 0 Å². The van der Waals surface area contributed by atoms with Crippen molar-refractivity contribution in [1.82, 2.24) is 20.0 Å². The molecule has 8 heteroatoms. The lowest BCUT2D eigenvalue weighted by Crippen LogP contribution is -2.36. The van der Waals surface area contributed by atoms with Gasteiger partial charge >= 0.3 is 0 Å². The van der Waals surface area contributed by atoms with Crippen molar-refractivity contribution >= 4 is 63.3 Å². The van der Waals surface area contributed by atoms with E-state index in [0.717, 1.165) is 28.3 Å². The van der Waals surface area contributed by atoms with Gasteiger partial charge in [0.2, 0.25) is 0 Å². The van der Waals surface area contributed by atoms with E-state index in [1.54, 1.807) is 18.8 Å². The van der Waals surface area contributed by atoms with Gasteiger partial charge in [-0.1, -0.05) is 12.1 Å². The second kappa shape index (κ2) is 10.3. The van der Waals surface area contributed by atoms with E-state index in [2.05, 4.69) is 67.9 Å². The van der Waals surface area contributed by atoms with Crippen molar-refractivity contribution < 1.29 is 0 Å². The van der Waals surface area contributed by atoms with Crippen LogP contribution in [0.2, 0.25) is 0 Å². The fraction of sp³-hybridized carbons (Fsp3) is 0.263. The molecule has 3 aromatic rings. The summed E-state index contributed by atoms with van der Waals surface area (Å²) >= 11 is 5.24. The summed E-state index contributed by atoms with van der Waals surface area (Å²) in [7, 11) is 1.78. The van der Waals surface area contributed by atoms with Crippen molar-refractivity contribution in [3.8, 4) is 0 Å². The van der Waals surface area contributed by atoms with E-state index in [1.807, 2.05) is 28.9 Å². The first-order chi connectivity index (χ1) is 12.6. The molecule has 0 saturated carbocycles. The van der Waals surface area contributed by atoms with Crippen LogP contribution in [-0.2, 0) is 13.1 Å². The number of nitrogens with one attached hydrogen (secondary N) is 2. The van der Waals surface area contributed by atoms with Gasteiger partial charge in [0, 0.05) is 35.4 Å². The van der Waals surface area contributed by atoms with E-state index in [4.69, 9.17) is 0 Å². The van der Waals surface area contributed by atoms with E-state index >= 15 is 0 Å². The summed E-state index contributed by atoms with van der Waals surface area (Å²) in [6.07, 6.45) is 6.12. The molecule has 27 heavy (non-hydrogen) atoms. The summed E-state index contributed by atoms with van der Waals surface area (Å²) in [5.74, 6) is 0.760. The van der Waals surface area contributed by atoms with E-state index in [9.17, 15) is 0 Å². The third kappa shape index (κ3) is 5.86.